The van der Waals surface area contributed by atoms with Crippen LogP contribution in [0, 0.1) is 18.2 Å². The Labute approximate surface area is 255 Å². The van der Waals surface area contributed by atoms with Crippen LogP contribution in [0.5, 0.6) is 0 Å². The molecule has 2 heterocycles. The van der Waals surface area contributed by atoms with Crippen molar-refractivity contribution in [3.63, 3.8) is 0 Å². The van der Waals surface area contributed by atoms with Crippen LogP contribution in [0.1, 0.15) is 70.1 Å². The summed E-state index contributed by atoms with van der Waals surface area (Å²) in [6.07, 6.45) is 5.01. The average molecular weight is 604 g/mol. The van der Waals surface area contributed by atoms with Crippen molar-refractivity contribution in [2.24, 2.45) is 12.5 Å². The monoisotopic (exact) mass is 603 g/mol. The van der Waals surface area contributed by atoms with Gasteiger partial charge in [0.1, 0.15) is 11.4 Å². The maximum atomic E-state index is 16.8. The minimum Gasteiger partial charge on any atom is -0.396 e. The third-order valence-corrected chi connectivity index (χ3v) is 9.23. The van der Waals surface area contributed by atoms with Crippen molar-refractivity contribution in [2.75, 3.05) is 13.2 Å². The molecular formula is C34H35ClFN3O4. The third kappa shape index (κ3) is 4.96. The lowest BCUT2D eigenvalue weighted by atomic mass is 9.84. The molecule has 9 heteroatoms. The highest BCUT2D eigenvalue weighted by atomic mass is 35.5. The van der Waals surface area contributed by atoms with Crippen LogP contribution in [0.25, 0.3) is 0 Å². The molecule has 2 atom stereocenters. The van der Waals surface area contributed by atoms with Crippen LogP contribution in [0.4, 0.5) is 4.39 Å². The lowest BCUT2D eigenvalue weighted by Gasteiger charge is -2.40. The van der Waals surface area contributed by atoms with Gasteiger partial charge in [-0.2, -0.15) is 0 Å². The quantitative estimate of drug-likeness (QED) is 0.239. The number of amides is 1. The van der Waals surface area contributed by atoms with Gasteiger partial charge in [-0.25, -0.2) is 9.37 Å². The number of aliphatic hydroxyl groups excluding tert-OH is 1. The highest BCUT2D eigenvalue weighted by Gasteiger charge is 2.56. The second-order valence-electron chi connectivity index (χ2n) is 12.0. The molecule has 0 spiro atoms. The van der Waals surface area contributed by atoms with Gasteiger partial charge in [-0.1, -0.05) is 60.5 Å². The van der Waals surface area contributed by atoms with Crippen LogP contribution in [0.2, 0.25) is 5.02 Å². The van der Waals surface area contributed by atoms with Gasteiger partial charge in [0.05, 0.1) is 36.4 Å². The molecule has 1 fully saturated rings. The Morgan fingerprint density at radius 2 is 1.81 bits per heavy atom. The van der Waals surface area contributed by atoms with Gasteiger partial charge in [0, 0.05) is 35.8 Å². The SMILES string of the molecule is CCC(O)(c1cc(F)c2c(c1)C(=O)N(Cc1ccc(C)cc1)[C@@]2(OCC1(CO)CC1)c1ccc(Cl)cc1)c1cn(C)cn1. The molecule has 6 rings (SSSR count). The average Bonchev–Trinajstić information content (AvgIpc) is 3.59. The summed E-state index contributed by atoms with van der Waals surface area (Å²) in [4.78, 5) is 20.4. The van der Waals surface area contributed by atoms with E-state index in [4.69, 9.17) is 16.3 Å². The van der Waals surface area contributed by atoms with Crippen molar-refractivity contribution in [3.05, 3.63) is 123 Å². The number of carbonyl (C=O) groups excluding carboxylic acids is 1. The second-order valence-corrected chi connectivity index (χ2v) is 12.4. The molecule has 1 aliphatic carbocycles. The van der Waals surface area contributed by atoms with E-state index in [9.17, 15) is 15.0 Å². The number of nitrogens with zero attached hydrogens (tertiary/aromatic N) is 3. The fourth-order valence-electron chi connectivity index (χ4n) is 5.99. The first-order valence-corrected chi connectivity index (χ1v) is 14.9. The van der Waals surface area contributed by atoms with E-state index in [1.807, 2.05) is 31.2 Å². The van der Waals surface area contributed by atoms with Gasteiger partial charge in [-0.05, 0) is 61.6 Å². The lowest BCUT2D eigenvalue weighted by Crippen LogP contribution is -2.48. The molecule has 1 aliphatic heterocycles. The summed E-state index contributed by atoms with van der Waals surface area (Å²) in [6, 6.07) is 17.5. The first kappa shape index (κ1) is 29.5. The van der Waals surface area contributed by atoms with Crippen molar-refractivity contribution in [2.45, 2.75) is 51.0 Å². The fraction of sp³-hybridized carbons (Fsp3) is 0.353. The first-order chi connectivity index (χ1) is 20.5. The largest absolute Gasteiger partial charge is 0.396 e. The van der Waals surface area contributed by atoms with E-state index in [1.54, 1.807) is 66.3 Å². The van der Waals surface area contributed by atoms with E-state index in [-0.39, 0.29) is 42.9 Å². The lowest BCUT2D eigenvalue weighted by molar-refractivity contribution is -0.130. The normalized spacial score (nSPS) is 20.3. The molecule has 2 aliphatic rings. The maximum absolute atomic E-state index is 16.8. The molecule has 1 unspecified atom stereocenters. The number of benzene rings is 3. The molecule has 1 saturated carbocycles. The molecule has 7 nitrogen and oxygen atoms in total. The van der Waals surface area contributed by atoms with Gasteiger partial charge in [0.2, 0.25) is 0 Å². The second kappa shape index (κ2) is 10.9. The molecule has 2 N–H and O–H groups in total. The van der Waals surface area contributed by atoms with Crippen LogP contribution in [-0.4, -0.2) is 43.8 Å². The number of carbonyl (C=O) groups is 1. The number of hydrogen-bond acceptors (Lipinski definition) is 5. The van der Waals surface area contributed by atoms with Crippen molar-refractivity contribution in [1.29, 1.82) is 0 Å². The number of fused-ring (bicyclic) bond motifs is 1. The van der Waals surface area contributed by atoms with Crippen LogP contribution in [0.15, 0.2) is 73.2 Å². The highest BCUT2D eigenvalue weighted by Crippen LogP contribution is 2.52. The van der Waals surface area contributed by atoms with Crippen LogP contribution < -0.4 is 0 Å². The van der Waals surface area contributed by atoms with Crippen molar-refractivity contribution >= 4 is 17.5 Å². The number of aromatic nitrogens is 2. The number of ether oxygens (including phenoxy) is 1. The predicted octanol–water partition coefficient (Wildman–Crippen LogP) is 5.81. The molecular weight excluding hydrogens is 569 g/mol. The minimum atomic E-state index is -1.65. The molecule has 43 heavy (non-hydrogen) atoms. The van der Waals surface area contributed by atoms with Gasteiger partial charge in [0.15, 0.2) is 5.72 Å². The van der Waals surface area contributed by atoms with Gasteiger partial charge < -0.3 is 19.5 Å². The molecule has 0 saturated heterocycles. The van der Waals surface area contributed by atoms with E-state index >= 15 is 4.39 Å². The minimum absolute atomic E-state index is 0.0719. The van der Waals surface area contributed by atoms with Crippen molar-refractivity contribution in [1.82, 2.24) is 14.5 Å². The Bertz CT molecular complexity index is 1670. The first-order valence-electron chi connectivity index (χ1n) is 14.5. The molecule has 0 radical (unpaired) electrons. The van der Waals surface area contributed by atoms with E-state index in [0.717, 1.165) is 24.0 Å². The summed E-state index contributed by atoms with van der Waals surface area (Å²) in [7, 11) is 1.79. The number of imidazole rings is 1. The zero-order valence-corrected chi connectivity index (χ0v) is 25.2. The summed E-state index contributed by atoms with van der Waals surface area (Å²) in [5, 5.41) is 22.4. The van der Waals surface area contributed by atoms with Crippen LogP contribution in [-0.2, 0) is 29.7 Å². The smallest absolute Gasteiger partial charge is 0.257 e. The zero-order chi connectivity index (χ0) is 30.6. The Morgan fingerprint density at radius 3 is 2.40 bits per heavy atom. The highest BCUT2D eigenvalue weighted by molar-refractivity contribution is 6.30. The van der Waals surface area contributed by atoms with E-state index in [2.05, 4.69) is 4.98 Å². The Hall–Kier alpha value is -3.56. The Kier molecular flexibility index (Phi) is 7.45. The molecule has 0 bridgehead atoms. The maximum Gasteiger partial charge on any atom is 0.257 e. The summed E-state index contributed by atoms with van der Waals surface area (Å²) in [6.45, 7) is 3.96. The van der Waals surface area contributed by atoms with Gasteiger partial charge in [-0.3, -0.25) is 9.69 Å². The Balaban J connectivity index is 1.57. The van der Waals surface area contributed by atoms with Gasteiger partial charge >= 0.3 is 0 Å². The van der Waals surface area contributed by atoms with Crippen LogP contribution in [0.3, 0.4) is 0 Å². The molecule has 224 valence electrons. The van der Waals surface area contributed by atoms with Crippen molar-refractivity contribution in [3.8, 4) is 0 Å². The zero-order valence-electron chi connectivity index (χ0n) is 24.5. The summed E-state index contributed by atoms with van der Waals surface area (Å²) < 4.78 is 25.2. The van der Waals surface area contributed by atoms with Crippen molar-refractivity contribution < 1.29 is 24.1 Å². The van der Waals surface area contributed by atoms with E-state index in [0.29, 0.717) is 16.3 Å². The third-order valence-electron chi connectivity index (χ3n) is 8.98. The van der Waals surface area contributed by atoms with E-state index in [1.165, 1.54) is 6.07 Å². The van der Waals surface area contributed by atoms with Gasteiger partial charge in [0.25, 0.3) is 5.91 Å². The number of aliphatic hydroxyl groups is 2. The van der Waals surface area contributed by atoms with E-state index < -0.39 is 28.5 Å². The number of halogens is 2. The number of hydrogen-bond donors (Lipinski definition) is 2. The number of aryl methyl sites for hydroxylation is 2. The summed E-state index contributed by atoms with van der Waals surface area (Å²) >= 11 is 6.27. The van der Waals surface area contributed by atoms with Gasteiger partial charge in [-0.15, -0.1) is 0 Å². The molecule has 4 aromatic rings. The Morgan fingerprint density at radius 1 is 1.12 bits per heavy atom. The molecule has 1 amide bonds. The molecule has 1 aromatic heterocycles. The predicted molar refractivity (Wildman–Crippen MR) is 161 cm³/mol. The fourth-order valence-corrected chi connectivity index (χ4v) is 6.12. The topological polar surface area (TPSA) is 87.8 Å². The standard InChI is InChI=1S/C34H35ClFN3O4/c1-4-33(42,29-18-38(3)21-37-29)25-15-27-30(28(36)16-25)34(24-9-11-26(35)12-10-24,43-20-32(19-40)13-14-32)39(31(27)41)17-23-7-5-22(2)6-8-23/h5-12,15-16,18,21,40,42H,4,13-14,17,19-20H2,1-3H3/t33?,34-/m1/s1. The number of rotatable bonds is 10. The van der Waals surface area contributed by atoms with Crippen LogP contribution >= 0.6 is 11.6 Å². The molecule has 3 aromatic carbocycles. The summed E-state index contributed by atoms with van der Waals surface area (Å²) in [5.41, 5.74) is -0.500. The summed E-state index contributed by atoms with van der Waals surface area (Å²) in [5.74, 6) is -1.11.